The van der Waals surface area contributed by atoms with Gasteiger partial charge >= 0.3 is 0 Å². The quantitative estimate of drug-likeness (QED) is 0.834. The number of carbonyl (C=O) groups excluding carboxylic acids is 2. The Bertz CT molecular complexity index is 615. The van der Waals surface area contributed by atoms with E-state index in [0.29, 0.717) is 12.5 Å². The maximum Gasteiger partial charge on any atom is 0.225 e. The molecule has 5 heteroatoms. The molecule has 27 heavy (non-hydrogen) atoms. The maximum absolute atomic E-state index is 12.6. The van der Waals surface area contributed by atoms with Crippen molar-refractivity contribution in [2.45, 2.75) is 51.4 Å². The van der Waals surface area contributed by atoms with Crippen LogP contribution in [0.15, 0.2) is 24.3 Å². The number of hydrogen-bond acceptors (Lipinski definition) is 3. The second kappa shape index (κ2) is 9.77. The minimum atomic E-state index is 0.0382. The highest BCUT2D eigenvalue weighted by Gasteiger charge is 2.31. The molecule has 1 aliphatic carbocycles. The van der Waals surface area contributed by atoms with Crippen molar-refractivity contribution in [2.24, 2.45) is 11.8 Å². The van der Waals surface area contributed by atoms with Gasteiger partial charge in [-0.15, -0.1) is 0 Å². The number of methoxy groups -OCH3 is 1. The topological polar surface area (TPSA) is 58.6 Å². The first-order valence-corrected chi connectivity index (χ1v) is 10.4. The van der Waals surface area contributed by atoms with E-state index in [4.69, 9.17) is 4.74 Å². The van der Waals surface area contributed by atoms with Crippen molar-refractivity contribution in [3.05, 3.63) is 29.8 Å². The van der Waals surface area contributed by atoms with Crippen molar-refractivity contribution in [1.82, 2.24) is 10.2 Å². The lowest BCUT2D eigenvalue weighted by atomic mass is 9.87. The number of carbonyl (C=O) groups is 2. The molecule has 5 nitrogen and oxygen atoms in total. The first-order valence-electron chi connectivity index (χ1n) is 10.4. The van der Waals surface area contributed by atoms with E-state index < -0.39 is 0 Å². The van der Waals surface area contributed by atoms with Crippen molar-refractivity contribution in [2.75, 3.05) is 26.7 Å². The Morgan fingerprint density at radius 3 is 2.30 bits per heavy atom. The molecule has 0 unspecified atom stereocenters. The molecular formula is C22H32N2O3. The van der Waals surface area contributed by atoms with Crippen LogP contribution in [0.4, 0.5) is 0 Å². The molecule has 1 N–H and O–H groups in total. The van der Waals surface area contributed by atoms with Crippen LogP contribution in [0.1, 0.15) is 50.5 Å². The summed E-state index contributed by atoms with van der Waals surface area (Å²) < 4.78 is 5.16. The van der Waals surface area contributed by atoms with E-state index in [2.05, 4.69) is 5.32 Å². The zero-order valence-electron chi connectivity index (χ0n) is 16.4. The molecule has 1 heterocycles. The highest BCUT2D eigenvalue weighted by molar-refractivity contribution is 5.81. The zero-order chi connectivity index (χ0) is 19.1. The van der Waals surface area contributed by atoms with E-state index in [-0.39, 0.29) is 17.7 Å². The number of hydrogen-bond donors (Lipinski definition) is 1. The predicted molar refractivity (Wildman–Crippen MR) is 106 cm³/mol. The third-order valence-electron chi connectivity index (χ3n) is 6.00. The number of rotatable bonds is 6. The Morgan fingerprint density at radius 2 is 1.67 bits per heavy atom. The van der Waals surface area contributed by atoms with Crippen molar-refractivity contribution in [3.63, 3.8) is 0 Å². The number of piperidine rings is 1. The standard InChI is InChI=1S/C22H32N2O3/c1-27-20-9-7-17(8-10-20)11-14-23-21(25)18-12-15-24(16-13-18)22(26)19-5-3-2-4-6-19/h7-10,18-19H,2-6,11-16H2,1H3,(H,23,25). The third kappa shape index (κ3) is 5.47. The van der Waals surface area contributed by atoms with Crippen LogP contribution in [0, 0.1) is 11.8 Å². The van der Waals surface area contributed by atoms with E-state index in [1.54, 1.807) is 7.11 Å². The van der Waals surface area contributed by atoms with E-state index in [1.165, 1.54) is 24.8 Å². The molecule has 148 valence electrons. The van der Waals surface area contributed by atoms with Gasteiger partial charge in [-0.05, 0) is 49.8 Å². The Balaban J connectivity index is 1.37. The van der Waals surface area contributed by atoms with Gasteiger partial charge in [-0.2, -0.15) is 0 Å². The van der Waals surface area contributed by atoms with Crippen molar-refractivity contribution >= 4 is 11.8 Å². The van der Waals surface area contributed by atoms with Crippen molar-refractivity contribution in [1.29, 1.82) is 0 Å². The fraction of sp³-hybridized carbons (Fsp3) is 0.636. The van der Waals surface area contributed by atoms with Crippen LogP contribution < -0.4 is 10.1 Å². The third-order valence-corrected chi connectivity index (χ3v) is 6.00. The van der Waals surface area contributed by atoms with Gasteiger partial charge in [0.05, 0.1) is 7.11 Å². The average molecular weight is 373 g/mol. The van der Waals surface area contributed by atoms with Gasteiger partial charge in [-0.25, -0.2) is 0 Å². The minimum Gasteiger partial charge on any atom is -0.497 e. The summed E-state index contributed by atoms with van der Waals surface area (Å²) >= 11 is 0. The normalized spacial score (nSPS) is 18.9. The van der Waals surface area contributed by atoms with E-state index in [9.17, 15) is 9.59 Å². The monoisotopic (exact) mass is 372 g/mol. The van der Waals surface area contributed by atoms with Gasteiger partial charge in [0, 0.05) is 31.5 Å². The number of likely N-dealkylation sites (tertiary alicyclic amines) is 1. The van der Waals surface area contributed by atoms with Crippen LogP contribution in [0.3, 0.4) is 0 Å². The van der Waals surface area contributed by atoms with Gasteiger partial charge in [-0.3, -0.25) is 9.59 Å². The Hall–Kier alpha value is -2.04. The smallest absolute Gasteiger partial charge is 0.225 e. The second-order valence-electron chi connectivity index (χ2n) is 7.82. The van der Waals surface area contributed by atoms with Crippen LogP contribution in [0.25, 0.3) is 0 Å². The molecule has 1 aromatic carbocycles. The fourth-order valence-electron chi connectivity index (χ4n) is 4.24. The highest BCUT2D eigenvalue weighted by Crippen LogP contribution is 2.27. The number of benzene rings is 1. The maximum atomic E-state index is 12.6. The molecule has 0 atom stereocenters. The Morgan fingerprint density at radius 1 is 1.00 bits per heavy atom. The van der Waals surface area contributed by atoms with E-state index in [1.807, 2.05) is 29.2 Å². The Kier molecular flexibility index (Phi) is 7.13. The second-order valence-corrected chi connectivity index (χ2v) is 7.82. The summed E-state index contributed by atoms with van der Waals surface area (Å²) in [5.41, 5.74) is 1.18. The molecule has 0 radical (unpaired) electrons. The molecule has 1 aliphatic heterocycles. The first kappa shape index (κ1) is 19.7. The predicted octanol–water partition coefficient (Wildman–Crippen LogP) is 3.17. The van der Waals surface area contributed by atoms with Gasteiger partial charge in [0.2, 0.25) is 11.8 Å². The number of nitrogens with one attached hydrogen (secondary N) is 1. The molecule has 0 spiro atoms. The number of amides is 2. The average Bonchev–Trinajstić information content (AvgIpc) is 2.74. The van der Waals surface area contributed by atoms with Crippen molar-refractivity contribution < 1.29 is 14.3 Å². The Labute approximate surface area is 162 Å². The van der Waals surface area contributed by atoms with Crippen LogP contribution in [-0.2, 0) is 16.0 Å². The summed E-state index contributed by atoms with van der Waals surface area (Å²) in [6, 6.07) is 7.94. The van der Waals surface area contributed by atoms with Crippen LogP contribution in [0.5, 0.6) is 5.75 Å². The van der Waals surface area contributed by atoms with E-state index >= 15 is 0 Å². The summed E-state index contributed by atoms with van der Waals surface area (Å²) in [6.45, 7) is 2.10. The number of nitrogens with zero attached hydrogens (tertiary/aromatic N) is 1. The summed E-state index contributed by atoms with van der Waals surface area (Å²) in [5.74, 6) is 1.57. The highest BCUT2D eigenvalue weighted by atomic mass is 16.5. The lowest BCUT2D eigenvalue weighted by Gasteiger charge is -2.34. The van der Waals surface area contributed by atoms with Gasteiger partial charge in [-0.1, -0.05) is 31.4 Å². The summed E-state index contributed by atoms with van der Waals surface area (Å²) in [6.07, 6.45) is 8.11. The van der Waals surface area contributed by atoms with Crippen LogP contribution in [-0.4, -0.2) is 43.5 Å². The van der Waals surface area contributed by atoms with Crippen LogP contribution in [0.2, 0.25) is 0 Å². The fourth-order valence-corrected chi connectivity index (χ4v) is 4.24. The molecule has 0 aromatic heterocycles. The van der Waals surface area contributed by atoms with Gasteiger partial charge in [0.15, 0.2) is 0 Å². The van der Waals surface area contributed by atoms with E-state index in [0.717, 1.165) is 50.9 Å². The lowest BCUT2D eigenvalue weighted by Crippen LogP contribution is -2.45. The zero-order valence-corrected chi connectivity index (χ0v) is 16.4. The number of ether oxygens (including phenoxy) is 1. The molecule has 1 saturated heterocycles. The van der Waals surface area contributed by atoms with Gasteiger partial charge < -0.3 is 15.0 Å². The molecular weight excluding hydrogens is 340 g/mol. The van der Waals surface area contributed by atoms with Gasteiger partial charge in [0.1, 0.15) is 5.75 Å². The summed E-state index contributed by atoms with van der Waals surface area (Å²) in [5, 5.41) is 3.06. The van der Waals surface area contributed by atoms with Gasteiger partial charge in [0.25, 0.3) is 0 Å². The van der Waals surface area contributed by atoms with Crippen molar-refractivity contribution in [3.8, 4) is 5.75 Å². The largest absolute Gasteiger partial charge is 0.497 e. The molecule has 1 saturated carbocycles. The summed E-state index contributed by atoms with van der Waals surface area (Å²) in [4.78, 5) is 27.1. The molecule has 1 aromatic rings. The van der Waals surface area contributed by atoms with Crippen LogP contribution >= 0.6 is 0 Å². The summed E-state index contributed by atoms with van der Waals surface area (Å²) in [7, 11) is 1.66. The minimum absolute atomic E-state index is 0.0382. The SMILES string of the molecule is COc1ccc(CCNC(=O)C2CCN(C(=O)C3CCCCC3)CC2)cc1. The molecule has 2 fully saturated rings. The first-order chi connectivity index (χ1) is 13.2. The molecule has 3 rings (SSSR count). The lowest BCUT2D eigenvalue weighted by molar-refractivity contribution is -0.140. The molecule has 2 aliphatic rings. The molecule has 0 bridgehead atoms. The molecule has 2 amide bonds.